The number of ketones is 1. The molecule has 0 unspecified atom stereocenters. The average Bonchev–Trinajstić information content (AvgIpc) is 3.10. The molecule has 1 aliphatic heterocycles. The lowest BCUT2D eigenvalue weighted by Crippen LogP contribution is -2.39. The highest BCUT2D eigenvalue weighted by atomic mass is 16.6. The van der Waals surface area contributed by atoms with Crippen molar-refractivity contribution in [1.82, 2.24) is 14.9 Å². The Labute approximate surface area is 208 Å². The number of nitrogens with zero attached hydrogens (tertiary/aromatic N) is 4. The van der Waals surface area contributed by atoms with Gasteiger partial charge in [0.05, 0.1) is 5.56 Å². The number of benzene rings is 1. The van der Waals surface area contributed by atoms with E-state index in [4.69, 9.17) is 10.5 Å². The summed E-state index contributed by atoms with van der Waals surface area (Å²) in [5, 5.41) is 0. The van der Waals surface area contributed by atoms with Gasteiger partial charge in [0.25, 0.3) is 0 Å². The fraction of sp³-hybridized carbons (Fsp3) is 0.333. The molecule has 0 bridgehead atoms. The molecule has 2 N–H and O–H groups in total. The number of amides is 1. The molecule has 8 heteroatoms. The van der Waals surface area contributed by atoms with Crippen LogP contribution in [0.1, 0.15) is 46.1 Å². The van der Waals surface area contributed by atoms with Crippen molar-refractivity contribution in [3.05, 3.63) is 72.1 Å². The van der Waals surface area contributed by atoms with Gasteiger partial charge in [-0.15, -0.1) is 0 Å². The van der Waals surface area contributed by atoms with Crippen LogP contribution in [0.25, 0.3) is 11.1 Å². The molecule has 2 aromatic heterocycles. The van der Waals surface area contributed by atoms with Gasteiger partial charge in [0.2, 0.25) is 5.78 Å². The number of pyridine rings is 2. The first-order valence-corrected chi connectivity index (χ1v) is 11.8. The molecule has 0 saturated carbocycles. The maximum atomic E-state index is 13.4. The molecule has 3 aromatic rings. The van der Waals surface area contributed by atoms with Crippen molar-refractivity contribution < 1.29 is 17.2 Å². The summed E-state index contributed by atoms with van der Waals surface area (Å²) < 4.78 is 5.52. The summed E-state index contributed by atoms with van der Waals surface area (Å²) in [7, 11) is 0. The fourth-order valence-corrected chi connectivity index (χ4v) is 3.97. The summed E-state index contributed by atoms with van der Waals surface area (Å²) in [6, 6.07) is 16.9. The van der Waals surface area contributed by atoms with E-state index in [2.05, 4.69) is 14.9 Å². The molecule has 3 heterocycles. The van der Waals surface area contributed by atoms with Gasteiger partial charge in [0.15, 0.2) is 0 Å². The summed E-state index contributed by atoms with van der Waals surface area (Å²) in [5.74, 6) is 0.581. The lowest BCUT2D eigenvalue weighted by atomic mass is 10.0. The van der Waals surface area contributed by atoms with Crippen LogP contribution >= 0.6 is 0 Å². The highest BCUT2D eigenvalue weighted by molar-refractivity contribution is 6.11. The molecule has 8 nitrogen and oxygen atoms in total. The normalized spacial score (nSPS) is 14.4. The summed E-state index contributed by atoms with van der Waals surface area (Å²) in [6.45, 7) is 8.02. The molecule has 1 amide bonds. The third kappa shape index (κ3) is 5.95. The number of carbonyl (C=O) groups is 2. The summed E-state index contributed by atoms with van der Waals surface area (Å²) in [6.07, 6.45) is 2.13. The molecule has 1 fully saturated rings. The van der Waals surface area contributed by atoms with Crippen LogP contribution < -0.4 is 10.6 Å². The van der Waals surface area contributed by atoms with Crippen LogP contribution in [0, 0.1) is 0 Å². The van der Waals surface area contributed by atoms with Crippen molar-refractivity contribution >= 4 is 23.5 Å². The van der Waals surface area contributed by atoms with Crippen LogP contribution in [0.3, 0.4) is 0 Å². The van der Waals surface area contributed by atoms with E-state index in [1.54, 1.807) is 23.2 Å². The highest BCUT2D eigenvalue weighted by Crippen LogP contribution is 2.24. The minimum absolute atomic E-state index is 0. The first-order chi connectivity index (χ1) is 16.7. The van der Waals surface area contributed by atoms with E-state index in [9.17, 15) is 9.59 Å². The molecule has 1 aromatic carbocycles. The van der Waals surface area contributed by atoms with Crippen molar-refractivity contribution in [3.63, 3.8) is 0 Å². The Morgan fingerprint density at radius 2 is 1.74 bits per heavy atom. The zero-order valence-electron chi connectivity index (χ0n) is 20.4. The van der Waals surface area contributed by atoms with E-state index in [-0.39, 0.29) is 20.5 Å². The van der Waals surface area contributed by atoms with Crippen LogP contribution in [-0.4, -0.2) is 58.5 Å². The Balaban J connectivity index is 0.00000241. The number of rotatable bonds is 4. The molecule has 4 rings (SSSR count). The van der Waals surface area contributed by atoms with Gasteiger partial charge in [0.1, 0.15) is 22.9 Å². The number of aromatic nitrogens is 2. The summed E-state index contributed by atoms with van der Waals surface area (Å²) >= 11 is 0. The van der Waals surface area contributed by atoms with Gasteiger partial charge in [0, 0.05) is 40.8 Å². The molecule has 1 saturated heterocycles. The number of nitrogen functional groups attached to an aromatic ring is 1. The van der Waals surface area contributed by atoms with Crippen LogP contribution in [0.15, 0.2) is 60.8 Å². The Morgan fingerprint density at radius 1 is 0.971 bits per heavy atom. The highest BCUT2D eigenvalue weighted by Gasteiger charge is 2.25. The molecular weight excluding hydrogens is 442 g/mol. The van der Waals surface area contributed by atoms with Crippen molar-refractivity contribution in [2.45, 2.75) is 32.8 Å². The minimum atomic E-state index is -0.534. The van der Waals surface area contributed by atoms with Gasteiger partial charge < -0.3 is 20.3 Å². The van der Waals surface area contributed by atoms with E-state index in [0.29, 0.717) is 36.7 Å². The van der Waals surface area contributed by atoms with Crippen molar-refractivity contribution in [2.24, 2.45) is 0 Å². The maximum Gasteiger partial charge on any atom is 0.410 e. The van der Waals surface area contributed by atoms with Crippen LogP contribution in [-0.2, 0) is 4.74 Å². The van der Waals surface area contributed by atoms with Gasteiger partial charge in [-0.3, -0.25) is 4.79 Å². The second kappa shape index (κ2) is 10.1. The minimum Gasteiger partial charge on any atom is -0.444 e. The molecule has 0 atom stereocenters. The molecular formula is C27H35N5O3. The molecule has 35 heavy (non-hydrogen) atoms. The predicted octanol–water partition coefficient (Wildman–Crippen LogP) is 4.90. The zero-order chi connectivity index (χ0) is 25.0. The topological polar surface area (TPSA) is 102 Å². The van der Waals surface area contributed by atoms with Gasteiger partial charge in [-0.1, -0.05) is 36.4 Å². The fourth-order valence-electron chi connectivity index (χ4n) is 3.97. The lowest BCUT2D eigenvalue weighted by molar-refractivity contribution is 0.0263. The predicted molar refractivity (Wildman–Crippen MR) is 141 cm³/mol. The van der Waals surface area contributed by atoms with E-state index < -0.39 is 5.60 Å². The molecule has 1 aliphatic rings. The standard InChI is InChI=1S/C27H31N5O3.2H2/c1-27(2,3)35-26(34)32-14-8-13-31(15-16-32)23-12-7-11-22(30-23)24(33)21-17-20(18-29-25(21)28)19-9-5-4-6-10-19;;/h4-7,9-12,17-18H,8,13-16H2,1-3H3,(H2,28,29);2*1H. The third-order valence-corrected chi connectivity index (χ3v) is 5.71. The number of anilines is 2. The van der Waals surface area contributed by atoms with E-state index in [1.807, 2.05) is 63.2 Å². The van der Waals surface area contributed by atoms with E-state index >= 15 is 0 Å². The number of ether oxygens (including phenoxy) is 1. The summed E-state index contributed by atoms with van der Waals surface area (Å²) in [4.78, 5) is 38.5. The van der Waals surface area contributed by atoms with Crippen molar-refractivity contribution in [2.75, 3.05) is 36.8 Å². The molecule has 0 spiro atoms. The van der Waals surface area contributed by atoms with Gasteiger partial charge in [-0.25, -0.2) is 14.8 Å². The van der Waals surface area contributed by atoms with Crippen LogP contribution in [0.2, 0.25) is 0 Å². The number of hydrogen-bond donors (Lipinski definition) is 1. The first-order valence-electron chi connectivity index (χ1n) is 11.8. The van der Waals surface area contributed by atoms with Crippen molar-refractivity contribution in [1.29, 1.82) is 0 Å². The van der Waals surface area contributed by atoms with Gasteiger partial charge in [-0.2, -0.15) is 0 Å². The van der Waals surface area contributed by atoms with Gasteiger partial charge in [-0.05, 0) is 51.0 Å². The second-order valence-electron chi connectivity index (χ2n) is 9.54. The number of carbonyl (C=O) groups excluding carboxylic acids is 2. The smallest absolute Gasteiger partial charge is 0.410 e. The van der Waals surface area contributed by atoms with Gasteiger partial charge >= 0.3 is 6.09 Å². The largest absolute Gasteiger partial charge is 0.444 e. The van der Waals surface area contributed by atoms with Crippen LogP contribution in [0.4, 0.5) is 16.4 Å². The molecule has 186 valence electrons. The monoisotopic (exact) mass is 477 g/mol. The number of hydrogen-bond acceptors (Lipinski definition) is 7. The van der Waals surface area contributed by atoms with E-state index in [0.717, 1.165) is 24.1 Å². The van der Waals surface area contributed by atoms with Crippen LogP contribution in [0.5, 0.6) is 0 Å². The molecule has 0 radical (unpaired) electrons. The average molecular weight is 478 g/mol. The lowest BCUT2D eigenvalue weighted by Gasteiger charge is -2.26. The zero-order valence-corrected chi connectivity index (χ0v) is 20.4. The SMILES string of the molecule is CC(C)(C)OC(=O)N1CCCN(c2cccc(C(=O)c3cc(-c4ccccc4)cnc3N)n2)CC1.[HH].[HH]. The second-order valence-corrected chi connectivity index (χ2v) is 9.54. The molecule has 0 aliphatic carbocycles. The first kappa shape index (κ1) is 24.2. The number of nitrogens with two attached hydrogens (primary N) is 1. The quantitative estimate of drug-likeness (QED) is 0.534. The summed E-state index contributed by atoms with van der Waals surface area (Å²) in [5.41, 5.74) is 7.93. The maximum absolute atomic E-state index is 13.4. The third-order valence-electron chi connectivity index (χ3n) is 5.71. The Hall–Kier alpha value is -3.94. The van der Waals surface area contributed by atoms with E-state index in [1.165, 1.54) is 0 Å². The Bertz CT molecular complexity index is 1220. The van der Waals surface area contributed by atoms with Crippen molar-refractivity contribution in [3.8, 4) is 11.1 Å². The Morgan fingerprint density at radius 3 is 2.49 bits per heavy atom. The Kier molecular flexibility index (Phi) is 7.00.